The lowest BCUT2D eigenvalue weighted by Gasteiger charge is -2.08. The number of Topliss-reactive ketones (excluding diaryl/α,β-unsaturated/α-hetero) is 1. The van der Waals surface area contributed by atoms with Crippen LogP contribution in [0, 0.1) is 0 Å². The molecule has 21 heavy (non-hydrogen) atoms. The van der Waals surface area contributed by atoms with Gasteiger partial charge in [0.2, 0.25) is 0 Å². The van der Waals surface area contributed by atoms with Crippen molar-refractivity contribution < 1.29 is 14.7 Å². The van der Waals surface area contributed by atoms with Crippen molar-refractivity contribution in [2.75, 3.05) is 5.75 Å². The molecule has 0 aliphatic carbocycles. The first-order valence-electron chi connectivity index (χ1n) is 8.19. The standard InChI is InChI=1S/C16H31NO3S/c17-14(12-13-21)15(18)10-8-6-4-2-1-3-5-7-9-11-16(19)20/h14,21H,1-13,17H2,(H,19,20). The van der Waals surface area contributed by atoms with Crippen molar-refractivity contribution in [1.82, 2.24) is 0 Å². The minimum Gasteiger partial charge on any atom is -0.481 e. The Hall–Kier alpha value is -0.550. The van der Waals surface area contributed by atoms with Crippen LogP contribution in [0.4, 0.5) is 0 Å². The van der Waals surface area contributed by atoms with Gasteiger partial charge < -0.3 is 10.8 Å². The minimum atomic E-state index is -0.696. The maximum Gasteiger partial charge on any atom is 0.303 e. The number of rotatable bonds is 15. The van der Waals surface area contributed by atoms with Crippen molar-refractivity contribution in [3.05, 3.63) is 0 Å². The lowest BCUT2D eigenvalue weighted by molar-refractivity contribution is -0.137. The molecular formula is C16H31NO3S. The molecular weight excluding hydrogens is 286 g/mol. The molecule has 0 aromatic carbocycles. The van der Waals surface area contributed by atoms with E-state index in [2.05, 4.69) is 12.6 Å². The number of hydrogen-bond donors (Lipinski definition) is 3. The van der Waals surface area contributed by atoms with E-state index in [-0.39, 0.29) is 11.8 Å². The lowest BCUT2D eigenvalue weighted by Crippen LogP contribution is -2.30. The van der Waals surface area contributed by atoms with Crippen LogP contribution in [0.1, 0.15) is 77.0 Å². The van der Waals surface area contributed by atoms with Gasteiger partial charge in [-0.15, -0.1) is 0 Å². The van der Waals surface area contributed by atoms with Crippen LogP contribution in [-0.2, 0) is 9.59 Å². The maximum atomic E-state index is 11.6. The lowest BCUT2D eigenvalue weighted by atomic mass is 10.0. The van der Waals surface area contributed by atoms with Crippen LogP contribution in [0.25, 0.3) is 0 Å². The summed E-state index contributed by atoms with van der Waals surface area (Å²) in [5, 5.41) is 8.50. The van der Waals surface area contributed by atoms with Gasteiger partial charge in [-0.3, -0.25) is 9.59 Å². The Morgan fingerprint density at radius 3 is 1.71 bits per heavy atom. The Bertz CT molecular complexity index is 285. The van der Waals surface area contributed by atoms with E-state index >= 15 is 0 Å². The van der Waals surface area contributed by atoms with Gasteiger partial charge in [-0.2, -0.15) is 12.6 Å². The molecule has 3 N–H and O–H groups in total. The fourth-order valence-corrected chi connectivity index (χ4v) is 2.58. The van der Waals surface area contributed by atoms with Crippen LogP contribution in [-0.4, -0.2) is 28.7 Å². The summed E-state index contributed by atoms with van der Waals surface area (Å²) in [5.41, 5.74) is 5.73. The number of nitrogens with two attached hydrogens (primary N) is 1. The maximum absolute atomic E-state index is 11.6. The molecule has 0 saturated carbocycles. The second-order valence-corrected chi connectivity index (χ2v) is 6.11. The number of unbranched alkanes of at least 4 members (excludes halogenated alkanes) is 8. The predicted molar refractivity (Wildman–Crippen MR) is 89.9 cm³/mol. The molecule has 124 valence electrons. The van der Waals surface area contributed by atoms with Crippen LogP contribution in [0.15, 0.2) is 0 Å². The summed E-state index contributed by atoms with van der Waals surface area (Å²) >= 11 is 4.08. The van der Waals surface area contributed by atoms with Gasteiger partial charge in [0, 0.05) is 12.8 Å². The van der Waals surface area contributed by atoms with E-state index in [9.17, 15) is 9.59 Å². The number of carbonyl (C=O) groups is 2. The van der Waals surface area contributed by atoms with Crippen molar-refractivity contribution >= 4 is 24.4 Å². The first-order chi connectivity index (χ1) is 10.1. The highest BCUT2D eigenvalue weighted by Crippen LogP contribution is 2.12. The van der Waals surface area contributed by atoms with Crippen LogP contribution in [0.3, 0.4) is 0 Å². The van der Waals surface area contributed by atoms with Crippen LogP contribution in [0.5, 0.6) is 0 Å². The van der Waals surface area contributed by atoms with Crippen molar-refractivity contribution in [2.45, 2.75) is 83.1 Å². The monoisotopic (exact) mass is 317 g/mol. The number of carbonyl (C=O) groups excluding carboxylic acids is 1. The molecule has 0 bridgehead atoms. The zero-order chi connectivity index (χ0) is 15.9. The Kier molecular flexibility index (Phi) is 14.0. The largest absolute Gasteiger partial charge is 0.481 e. The van der Waals surface area contributed by atoms with Gasteiger partial charge in [0.25, 0.3) is 0 Å². The van der Waals surface area contributed by atoms with Crippen LogP contribution < -0.4 is 5.73 Å². The van der Waals surface area contributed by atoms with Crippen LogP contribution >= 0.6 is 12.6 Å². The van der Waals surface area contributed by atoms with E-state index in [1.54, 1.807) is 0 Å². The van der Waals surface area contributed by atoms with E-state index in [1.165, 1.54) is 25.7 Å². The molecule has 0 amide bonds. The summed E-state index contributed by atoms with van der Waals surface area (Å²) in [7, 11) is 0. The van der Waals surface area contributed by atoms with Crippen LogP contribution in [0.2, 0.25) is 0 Å². The van der Waals surface area contributed by atoms with Gasteiger partial charge in [-0.1, -0.05) is 44.9 Å². The van der Waals surface area contributed by atoms with Gasteiger partial charge in [-0.25, -0.2) is 0 Å². The quantitative estimate of drug-likeness (QED) is 0.318. The number of ketones is 1. The minimum absolute atomic E-state index is 0.169. The van der Waals surface area contributed by atoms with Crippen molar-refractivity contribution in [2.24, 2.45) is 5.73 Å². The number of carboxylic acids is 1. The fourth-order valence-electron chi connectivity index (χ4n) is 2.30. The Labute approximate surface area is 134 Å². The van der Waals surface area contributed by atoms with E-state index < -0.39 is 5.97 Å². The van der Waals surface area contributed by atoms with Gasteiger partial charge in [-0.05, 0) is 25.0 Å². The number of hydrogen-bond acceptors (Lipinski definition) is 4. The van der Waals surface area contributed by atoms with E-state index in [0.29, 0.717) is 25.0 Å². The van der Waals surface area contributed by atoms with Gasteiger partial charge >= 0.3 is 5.97 Å². The molecule has 0 saturated heterocycles. The zero-order valence-corrected chi connectivity index (χ0v) is 14.0. The van der Waals surface area contributed by atoms with E-state index in [0.717, 1.165) is 32.1 Å². The first kappa shape index (κ1) is 20.5. The molecule has 0 aliphatic rings. The summed E-state index contributed by atoms with van der Waals surface area (Å²) in [6.45, 7) is 0. The topological polar surface area (TPSA) is 80.4 Å². The molecule has 1 atom stereocenters. The number of thiol groups is 1. The molecule has 0 heterocycles. The van der Waals surface area contributed by atoms with Crippen molar-refractivity contribution in [3.63, 3.8) is 0 Å². The third-order valence-corrected chi connectivity index (χ3v) is 3.93. The van der Waals surface area contributed by atoms with Gasteiger partial charge in [0.1, 0.15) is 5.78 Å². The molecule has 0 spiro atoms. The normalized spacial score (nSPS) is 12.3. The third-order valence-electron chi connectivity index (χ3n) is 3.67. The molecule has 1 unspecified atom stereocenters. The van der Waals surface area contributed by atoms with Crippen molar-refractivity contribution in [1.29, 1.82) is 0 Å². The summed E-state index contributed by atoms with van der Waals surface area (Å²) in [4.78, 5) is 21.9. The predicted octanol–water partition coefficient (Wildman–Crippen LogP) is 3.58. The summed E-state index contributed by atoms with van der Waals surface area (Å²) in [5.74, 6) is 0.139. The Morgan fingerprint density at radius 2 is 1.29 bits per heavy atom. The molecule has 5 heteroatoms. The Balaban J connectivity index is 3.22. The Morgan fingerprint density at radius 1 is 0.857 bits per heavy atom. The van der Waals surface area contributed by atoms with Gasteiger partial charge in [0.05, 0.1) is 6.04 Å². The highest BCUT2D eigenvalue weighted by atomic mass is 32.1. The molecule has 0 radical (unpaired) electrons. The van der Waals surface area contributed by atoms with Gasteiger partial charge in [0.15, 0.2) is 0 Å². The summed E-state index contributed by atoms with van der Waals surface area (Å²) in [6, 6.07) is -0.326. The molecule has 0 aromatic heterocycles. The SMILES string of the molecule is NC(CCS)C(=O)CCCCCCCCCCCC(=O)O. The highest BCUT2D eigenvalue weighted by Gasteiger charge is 2.11. The fraction of sp³-hybridized carbons (Fsp3) is 0.875. The van der Waals surface area contributed by atoms with E-state index in [4.69, 9.17) is 10.8 Å². The molecule has 0 rings (SSSR count). The molecule has 0 aromatic rings. The second-order valence-electron chi connectivity index (χ2n) is 5.66. The summed E-state index contributed by atoms with van der Waals surface area (Å²) in [6.07, 6.45) is 11.3. The number of aliphatic carboxylic acids is 1. The average molecular weight is 317 g/mol. The first-order valence-corrected chi connectivity index (χ1v) is 8.82. The molecule has 0 fully saturated rings. The average Bonchev–Trinajstić information content (AvgIpc) is 2.44. The molecule has 0 aliphatic heterocycles. The highest BCUT2D eigenvalue weighted by molar-refractivity contribution is 7.80. The second kappa shape index (κ2) is 14.4. The summed E-state index contributed by atoms with van der Waals surface area (Å²) < 4.78 is 0. The zero-order valence-electron chi connectivity index (χ0n) is 13.1. The third kappa shape index (κ3) is 14.2. The number of carboxylic acid groups (broad SMARTS) is 1. The smallest absolute Gasteiger partial charge is 0.303 e. The van der Waals surface area contributed by atoms with Crippen molar-refractivity contribution in [3.8, 4) is 0 Å². The molecule has 4 nitrogen and oxygen atoms in total. The van der Waals surface area contributed by atoms with E-state index in [1.807, 2.05) is 0 Å².